The number of carboxylic acids is 1. The summed E-state index contributed by atoms with van der Waals surface area (Å²) < 4.78 is 0. The van der Waals surface area contributed by atoms with Crippen LogP contribution < -0.4 is 10.2 Å². The number of hydrogen-bond acceptors (Lipinski definition) is 5. The molecule has 7 nitrogen and oxygen atoms in total. The summed E-state index contributed by atoms with van der Waals surface area (Å²) in [5, 5.41) is 21.8. The molecule has 1 atom stereocenters. The van der Waals surface area contributed by atoms with Gasteiger partial charge in [-0.2, -0.15) is 0 Å². The Balaban J connectivity index is 2.16. The van der Waals surface area contributed by atoms with Crippen LogP contribution in [0.2, 0.25) is 0 Å². The molecule has 1 unspecified atom stereocenters. The number of fused-ring (bicyclic) bond motifs is 1. The minimum absolute atomic E-state index is 0.404. The first kappa shape index (κ1) is 21.1. The van der Waals surface area contributed by atoms with E-state index in [1.165, 1.54) is 0 Å². The number of hydrogen-bond donors (Lipinski definition) is 3. The molecule has 3 N–H and O–H groups in total. The van der Waals surface area contributed by atoms with E-state index in [0.717, 1.165) is 22.4 Å². The summed E-state index contributed by atoms with van der Waals surface area (Å²) >= 11 is 0. The molecule has 1 amide bonds. The number of anilines is 1. The number of nitrogens with zero attached hydrogens (tertiary/aromatic N) is 1. The summed E-state index contributed by atoms with van der Waals surface area (Å²) in [7, 11) is 3.89. The maximum Gasteiger partial charge on any atom is 0.322 e. The highest BCUT2D eigenvalue weighted by Gasteiger charge is 2.36. The third-order valence-electron chi connectivity index (χ3n) is 5.38. The third kappa shape index (κ3) is 3.66. The molecule has 0 saturated carbocycles. The Kier molecular flexibility index (Phi) is 5.64. The largest absolute Gasteiger partial charge is 0.506 e. The van der Waals surface area contributed by atoms with E-state index in [2.05, 4.69) is 5.32 Å². The summed E-state index contributed by atoms with van der Waals surface area (Å²) in [4.78, 5) is 37.9. The lowest BCUT2D eigenvalue weighted by Gasteiger charge is -2.26. The molecule has 1 aliphatic carbocycles. The number of benzene rings is 2. The first-order valence-corrected chi connectivity index (χ1v) is 9.52. The number of aliphatic hydroxyl groups excluding tert-OH is 1. The standard InChI is InChI=1S/C23H24N2O5/c1-12-16(14-6-5-7-15(10-14)25(3)4)8-9-17-13(2)21(28)20(22(29)19(12)17)23(30)24-11-18(26)27/h5-10,13,29H,11H2,1-4H3,(H,24,30)(H,26,27). The van der Waals surface area contributed by atoms with E-state index in [1.807, 2.05) is 56.3 Å². The predicted molar refractivity (Wildman–Crippen MR) is 115 cm³/mol. The van der Waals surface area contributed by atoms with Crippen LogP contribution in [0, 0.1) is 6.92 Å². The lowest BCUT2D eigenvalue weighted by atomic mass is 9.78. The molecule has 0 radical (unpaired) electrons. The Bertz CT molecular complexity index is 1080. The average Bonchev–Trinajstić information content (AvgIpc) is 2.70. The molecule has 156 valence electrons. The van der Waals surface area contributed by atoms with Gasteiger partial charge in [-0.3, -0.25) is 14.4 Å². The van der Waals surface area contributed by atoms with Gasteiger partial charge in [0, 0.05) is 31.3 Å². The molecule has 0 aliphatic heterocycles. The molecule has 2 aromatic carbocycles. The van der Waals surface area contributed by atoms with Crippen LogP contribution in [0.1, 0.15) is 29.5 Å². The molecular weight excluding hydrogens is 384 g/mol. The molecule has 30 heavy (non-hydrogen) atoms. The van der Waals surface area contributed by atoms with Gasteiger partial charge in [0.25, 0.3) is 5.91 Å². The zero-order valence-electron chi connectivity index (χ0n) is 17.3. The van der Waals surface area contributed by atoms with Crippen molar-refractivity contribution in [2.24, 2.45) is 0 Å². The molecule has 1 aliphatic rings. The van der Waals surface area contributed by atoms with Gasteiger partial charge in [-0.1, -0.05) is 31.2 Å². The van der Waals surface area contributed by atoms with Crippen LogP contribution in [0.15, 0.2) is 42.0 Å². The maximum absolute atomic E-state index is 12.7. The van der Waals surface area contributed by atoms with Crippen LogP contribution in [-0.2, 0) is 14.4 Å². The molecule has 0 saturated heterocycles. The topological polar surface area (TPSA) is 107 Å². The number of rotatable bonds is 5. The Morgan fingerprint density at radius 3 is 2.50 bits per heavy atom. The van der Waals surface area contributed by atoms with E-state index in [4.69, 9.17) is 5.11 Å². The second-order valence-corrected chi connectivity index (χ2v) is 7.53. The van der Waals surface area contributed by atoms with Crippen molar-refractivity contribution in [2.45, 2.75) is 19.8 Å². The molecular formula is C23H24N2O5. The van der Waals surface area contributed by atoms with Crippen LogP contribution in [-0.4, -0.2) is 48.5 Å². The van der Waals surface area contributed by atoms with Gasteiger partial charge < -0.3 is 20.4 Å². The molecule has 2 aromatic rings. The first-order chi connectivity index (χ1) is 14.1. The first-order valence-electron chi connectivity index (χ1n) is 9.52. The predicted octanol–water partition coefficient (Wildman–Crippen LogP) is 2.88. The highest BCUT2D eigenvalue weighted by atomic mass is 16.4. The number of aliphatic hydroxyl groups is 1. The number of carbonyl (C=O) groups excluding carboxylic acids is 2. The number of carbonyl (C=O) groups is 3. The van der Waals surface area contributed by atoms with Crippen molar-refractivity contribution in [2.75, 3.05) is 25.5 Å². The fourth-order valence-corrected chi connectivity index (χ4v) is 3.74. The van der Waals surface area contributed by atoms with Crippen molar-refractivity contribution < 1.29 is 24.6 Å². The molecule has 3 rings (SSSR count). The minimum atomic E-state index is -1.24. The molecule has 7 heteroatoms. The second kappa shape index (κ2) is 8.02. The third-order valence-corrected chi connectivity index (χ3v) is 5.38. The number of amides is 1. The number of carboxylic acid groups (broad SMARTS) is 1. The van der Waals surface area contributed by atoms with Gasteiger partial charge in [-0.15, -0.1) is 0 Å². The van der Waals surface area contributed by atoms with Crippen LogP contribution >= 0.6 is 0 Å². The molecule has 0 fully saturated rings. The number of Topliss-reactive ketones (excluding diaryl/α,β-unsaturated/α-hetero) is 1. The summed E-state index contributed by atoms with van der Waals surface area (Å²) in [6.07, 6.45) is 0. The average molecular weight is 408 g/mol. The van der Waals surface area contributed by atoms with Crippen molar-refractivity contribution in [3.05, 3.63) is 58.7 Å². The van der Waals surface area contributed by atoms with Crippen molar-refractivity contribution in [1.82, 2.24) is 5.32 Å². The van der Waals surface area contributed by atoms with E-state index in [9.17, 15) is 19.5 Å². The summed E-state index contributed by atoms with van der Waals surface area (Å²) in [5.41, 5.74) is 4.24. The highest BCUT2D eigenvalue weighted by Crippen LogP contribution is 2.40. The molecule has 0 heterocycles. The zero-order valence-corrected chi connectivity index (χ0v) is 17.3. The van der Waals surface area contributed by atoms with Crippen LogP contribution in [0.4, 0.5) is 5.69 Å². The number of aliphatic carboxylic acids is 1. The summed E-state index contributed by atoms with van der Waals surface area (Å²) in [6, 6.07) is 11.6. The summed E-state index contributed by atoms with van der Waals surface area (Å²) in [6.45, 7) is 2.87. The quantitative estimate of drug-likeness (QED) is 0.657. The van der Waals surface area contributed by atoms with Crippen LogP contribution in [0.3, 0.4) is 0 Å². The number of nitrogens with one attached hydrogen (secondary N) is 1. The fraction of sp³-hybridized carbons (Fsp3) is 0.261. The summed E-state index contributed by atoms with van der Waals surface area (Å²) in [5.74, 6) is -3.72. The Hall–Kier alpha value is -3.61. The monoisotopic (exact) mass is 408 g/mol. The molecule has 0 spiro atoms. The van der Waals surface area contributed by atoms with E-state index in [0.29, 0.717) is 11.1 Å². The Morgan fingerprint density at radius 1 is 1.17 bits per heavy atom. The molecule has 0 aromatic heterocycles. The Labute approximate surface area is 174 Å². The minimum Gasteiger partial charge on any atom is -0.506 e. The van der Waals surface area contributed by atoms with Crippen molar-refractivity contribution in [3.63, 3.8) is 0 Å². The SMILES string of the molecule is Cc1c(-c2cccc(N(C)C)c2)ccc2c1C(O)=C(C(=O)NCC(=O)O)C(=O)C2C. The second-order valence-electron chi connectivity index (χ2n) is 7.53. The maximum atomic E-state index is 12.7. The normalized spacial score (nSPS) is 15.6. The highest BCUT2D eigenvalue weighted by molar-refractivity contribution is 6.27. The van der Waals surface area contributed by atoms with Crippen molar-refractivity contribution >= 4 is 29.1 Å². The molecule has 0 bridgehead atoms. The van der Waals surface area contributed by atoms with Gasteiger partial charge in [0.05, 0.1) is 0 Å². The van der Waals surface area contributed by atoms with E-state index in [1.54, 1.807) is 13.0 Å². The van der Waals surface area contributed by atoms with Gasteiger partial charge in [0.15, 0.2) is 5.78 Å². The van der Waals surface area contributed by atoms with Gasteiger partial charge in [-0.05, 0) is 41.3 Å². The van der Waals surface area contributed by atoms with Gasteiger partial charge in [0.1, 0.15) is 17.9 Å². The van der Waals surface area contributed by atoms with E-state index >= 15 is 0 Å². The van der Waals surface area contributed by atoms with Crippen LogP contribution in [0.5, 0.6) is 0 Å². The van der Waals surface area contributed by atoms with Gasteiger partial charge in [-0.25, -0.2) is 0 Å². The lowest BCUT2D eigenvalue weighted by molar-refractivity contribution is -0.137. The van der Waals surface area contributed by atoms with E-state index in [-0.39, 0.29) is 0 Å². The van der Waals surface area contributed by atoms with Gasteiger partial charge >= 0.3 is 5.97 Å². The van der Waals surface area contributed by atoms with Gasteiger partial charge in [0.2, 0.25) is 0 Å². The zero-order chi connectivity index (χ0) is 22.2. The number of ketones is 1. The van der Waals surface area contributed by atoms with Crippen LogP contribution in [0.25, 0.3) is 16.9 Å². The smallest absolute Gasteiger partial charge is 0.322 e. The Morgan fingerprint density at radius 2 is 1.87 bits per heavy atom. The fourth-order valence-electron chi connectivity index (χ4n) is 3.74. The van der Waals surface area contributed by atoms with E-state index < -0.39 is 41.5 Å². The lowest BCUT2D eigenvalue weighted by Crippen LogP contribution is -2.36. The van der Waals surface area contributed by atoms with Crippen molar-refractivity contribution in [3.8, 4) is 11.1 Å². The van der Waals surface area contributed by atoms with Crippen molar-refractivity contribution in [1.29, 1.82) is 0 Å².